The molecule has 3 aliphatic carbocycles. The molecule has 0 atom stereocenters. The molecule has 35 heavy (non-hydrogen) atoms. The van der Waals surface area contributed by atoms with E-state index in [2.05, 4.69) is 26.1 Å². The van der Waals surface area contributed by atoms with Crippen LogP contribution < -0.4 is 14.3 Å². The van der Waals surface area contributed by atoms with Gasteiger partial charge >= 0.3 is 16.2 Å². The highest BCUT2D eigenvalue weighted by molar-refractivity contribution is 7.91. The highest BCUT2D eigenvalue weighted by Crippen LogP contribution is 2.39. The number of aryl methyl sites for hydroxylation is 2. The molecule has 1 aromatic carbocycles. The first-order valence-corrected chi connectivity index (χ1v) is 14.4. The fraction of sp³-hybridized carbons (Fsp3) is 0.600. The Hall–Kier alpha value is -2.59. The van der Waals surface area contributed by atoms with Crippen molar-refractivity contribution < 1.29 is 13.2 Å². The van der Waals surface area contributed by atoms with Crippen molar-refractivity contribution in [2.75, 3.05) is 29.8 Å². The zero-order chi connectivity index (χ0) is 24.2. The van der Waals surface area contributed by atoms with Crippen LogP contribution in [0, 0.1) is 0 Å². The number of amides is 2. The molecule has 188 valence electrons. The van der Waals surface area contributed by atoms with Gasteiger partial charge in [-0.15, -0.1) is 0 Å². The number of fused-ring (bicyclic) bond motifs is 2. The van der Waals surface area contributed by atoms with E-state index >= 15 is 0 Å². The number of anilines is 2. The lowest BCUT2D eigenvalue weighted by atomic mass is 9.99. The fourth-order valence-corrected chi connectivity index (χ4v) is 7.39. The van der Waals surface area contributed by atoms with Gasteiger partial charge in [0.1, 0.15) is 0 Å². The van der Waals surface area contributed by atoms with Gasteiger partial charge < -0.3 is 10.2 Å². The maximum atomic E-state index is 13.7. The molecule has 0 radical (unpaired) electrons. The molecule has 2 N–H and O–H groups in total. The molecule has 2 amide bonds. The Bertz CT molecular complexity index is 1210. The monoisotopic (exact) mass is 498 g/mol. The van der Waals surface area contributed by atoms with Crippen molar-refractivity contribution >= 4 is 27.6 Å². The van der Waals surface area contributed by atoms with Crippen LogP contribution in [0.1, 0.15) is 66.8 Å². The predicted octanol–water partition coefficient (Wildman–Crippen LogP) is 3.16. The summed E-state index contributed by atoms with van der Waals surface area (Å²) in [7, 11) is -2.09. The van der Waals surface area contributed by atoms with Crippen LogP contribution in [0.4, 0.5) is 16.2 Å². The number of hydrogen-bond donors (Lipinski definition) is 2. The molecular weight excluding hydrogens is 464 g/mol. The van der Waals surface area contributed by atoms with E-state index in [1.54, 1.807) is 6.20 Å². The molecule has 0 unspecified atom stereocenters. The molecule has 2 fully saturated rings. The van der Waals surface area contributed by atoms with Crippen molar-refractivity contribution in [2.45, 2.75) is 76.3 Å². The van der Waals surface area contributed by atoms with Gasteiger partial charge in [-0.25, -0.2) is 13.8 Å². The van der Waals surface area contributed by atoms with Crippen molar-refractivity contribution in [1.29, 1.82) is 0 Å². The normalized spacial score (nSPS) is 20.5. The molecule has 1 saturated carbocycles. The second kappa shape index (κ2) is 8.81. The van der Waals surface area contributed by atoms with Gasteiger partial charge in [0.15, 0.2) is 0 Å². The number of likely N-dealkylation sites (tertiary alicyclic amines) is 1. The minimum absolute atomic E-state index is 0.224. The minimum Gasteiger partial charge on any atom is -0.307 e. The van der Waals surface area contributed by atoms with Gasteiger partial charge in [-0.05, 0) is 107 Å². The quantitative estimate of drug-likeness (QED) is 0.637. The Morgan fingerprint density at radius 3 is 2.31 bits per heavy atom. The van der Waals surface area contributed by atoms with Crippen molar-refractivity contribution in [3.05, 3.63) is 40.7 Å². The first-order chi connectivity index (χ1) is 16.9. The lowest BCUT2D eigenvalue weighted by Crippen LogP contribution is -2.52. The largest absolute Gasteiger partial charge is 0.334 e. The highest BCUT2D eigenvalue weighted by atomic mass is 32.2. The lowest BCUT2D eigenvalue weighted by Gasteiger charge is -2.36. The molecule has 6 rings (SSSR count). The van der Waals surface area contributed by atoms with E-state index in [0.717, 1.165) is 70.1 Å². The van der Waals surface area contributed by atoms with Crippen molar-refractivity contribution in [3.63, 3.8) is 0 Å². The third kappa shape index (κ3) is 4.42. The molecular formula is C25H34N6O3S. The molecule has 1 aliphatic heterocycles. The van der Waals surface area contributed by atoms with Gasteiger partial charge in [0.05, 0.1) is 17.9 Å². The highest BCUT2D eigenvalue weighted by Gasteiger charge is 2.36. The van der Waals surface area contributed by atoms with Crippen LogP contribution in [0.2, 0.25) is 0 Å². The first-order valence-electron chi connectivity index (χ1n) is 12.9. The summed E-state index contributed by atoms with van der Waals surface area (Å²) in [5, 5.41) is 7.38. The summed E-state index contributed by atoms with van der Waals surface area (Å²) < 4.78 is 32.9. The first kappa shape index (κ1) is 22.8. The third-order valence-electron chi connectivity index (χ3n) is 7.98. The molecule has 9 nitrogen and oxygen atoms in total. The number of aromatic nitrogens is 2. The van der Waals surface area contributed by atoms with Crippen LogP contribution >= 0.6 is 0 Å². The van der Waals surface area contributed by atoms with Crippen LogP contribution in [0.25, 0.3) is 0 Å². The maximum Gasteiger partial charge on any atom is 0.334 e. The van der Waals surface area contributed by atoms with Gasteiger partial charge in [0, 0.05) is 17.9 Å². The van der Waals surface area contributed by atoms with Crippen LogP contribution in [-0.4, -0.2) is 55.3 Å². The molecule has 2 heterocycles. The van der Waals surface area contributed by atoms with Gasteiger partial charge in [-0.3, -0.25) is 4.68 Å². The van der Waals surface area contributed by atoms with E-state index in [0.29, 0.717) is 24.6 Å². The SMILES string of the molecule is CN1CCC(N(c2cnn(C3CC3)c2)S(=O)(=O)NC(=O)Nc2c3c(cc4c2CCC4)CCC3)CC1. The number of rotatable bonds is 6. The Labute approximate surface area is 207 Å². The Balaban J connectivity index is 1.26. The van der Waals surface area contributed by atoms with Gasteiger partial charge in [0.2, 0.25) is 0 Å². The van der Waals surface area contributed by atoms with E-state index < -0.39 is 16.2 Å². The summed E-state index contributed by atoms with van der Waals surface area (Å²) in [4.78, 5) is 15.4. The minimum atomic E-state index is -4.13. The number of nitrogens with one attached hydrogen (secondary N) is 2. The van der Waals surface area contributed by atoms with E-state index in [1.165, 1.54) is 26.6 Å². The van der Waals surface area contributed by atoms with Crippen molar-refractivity contribution in [3.8, 4) is 0 Å². The molecule has 10 heteroatoms. The summed E-state index contributed by atoms with van der Waals surface area (Å²) in [6.45, 7) is 1.61. The molecule has 4 aliphatic rings. The van der Waals surface area contributed by atoms with Crippen molar-refractivity contribution in [2.24, 2.45) is 0 Å². The molecule has 1 aromatic heterocycles. The number of nitrogens with zero attached hydrogens (tertiary/aromatic N) is 4. The number of hydrogen-bond acceptors (Lipinski definition) is 5. The number of piperidine rings is 1. The van der Waals surface area contributed by atoms with Gasteiger partial charge in [0.25, 0.3) is 0 Å². The van der Waals surface area contributed by atoms with E-state index in [-0.39, 0.29) is 6.04 Å². The van der Waals surface area contributed by atoms with Crippen LogP contribution in [-0.2, 0) is 35.9 Å². The van der Waals surface area contributed by atoms with Gasteiger partial charge in [-0.1, -0.05) is 6.07 Å². The topological polar surface area (TPSA) is 99.6 Å². The second-order valence-corrected chi connectivity index (χ2v) is 12.1. The summed E-state index contributed by atoms with van der Waals surface area (Å²) in [6, 6.07) is 1.74. The van der Waals surface area contributed by atoms with E-state index in [1.807, 2.05) is 17.9 Å². The van der Waals surface area contributed by atoms with Crippen molar-refractivity contribution in [1.82, 2.24) is 19.4 Å². The smallest absolute Gasteiger partial charge is 0.307 e. The predicted molar refractivity (Wildman–Crippen MR) is 135 cm³/mol. The zero-order valence-electron chi connectivity index (χ0n) is 20.3. The zero-order valence-corrected chi connectivity index (χ0v) is 21.1. The van der Waals surface area contributed by atoms with Crippen LogP contribution in [0.3, 0.4) is 0 Å². The van der Waals surface area contributed by atoms with E-state index in [4.69, 9.17) is 0 Å². The number of benzene rings is 1. The average Bonchev–Trinajstić information content (AvgIpc) is 3.19. The number of carbonyl (C=O) groups excluding carboxylic acids is 1. The van der Waals surface area contributed by atoms with Gasteiger partial charge in [-0.2, -0.15) is 13.5 Å². The summed E-state index contributed by atoms with van der Waals surface area (Å²) in [6.07, 6.45) is 13.0. The third-order valence-corrected chi connectivity index (χ3v) is 9.45. The molecule has 0 bridgehead atoms. The number of urea groups is 1. The summed E-state index contributed by atoms with van der Waals surface area (Å²) in [5.74, 6) is 0. The Kier molecular flexibility index (Phi) is 5.75. The summed E-state index contributed by atoms with van der Waals surface area (Å²) >= 11 is 0. The van der Waals surface area contributed by atoms with Crippen LogP contribution in [0.5, 0.6) is 0 Å². The lowest BCUT2D eigenvalue weighted by molar-refractivity contribution is 0.254. The fourth-order valence-electron chi connectivity index (χ4n) is 6.03. The van der Waals surface area contributed by atoms with Crippen LogP contribution in [0.15, 0.2) is 18.5 Å². The molecule has 0 spiro atoms. The molecule has 1 saturated heterocycles. The van der Waals surface area contributed by atoms with E-state index in [9.17, 15) is 13.2 Å². The second-order valence-electron chi connectivity index (χ2n) is 10.5. The summed E-state index contributed by atoms with van der Waals surface area (Å²) in [5.41, 5.74) is 6.31. The number of carbonyl (C=O) groups is 1. The Morgan fingerprint density at radius 1 is 1.03 bits per heavy atom. The maximum absolute atomic E-state index is 13.7. The standard InChI is InChI=1S/C25H34N6O3S/c1-29-12-10-20(11-13-29)31(21-15-26-30(16-21)19-8-9-19)35(33,34)28-25(32)27-24-22-6-2-4-17(22)14-18-5-3-7-23(18)24/h14-16,19-20H,2-13H2,1H3,(H2,27,28,32). The molecule has 2 aromatic rings. The Morgan fingerprint density at radius 2 is 1.69 bits per heavy atom. The average molecular weight is 499 g/mol.